The lowest BCUT2D eigenvalue weighted by Gasteiger charge is -2.18. The Labute approximate surface area is 181 Å². The molecule has 0 spiro atoms. The number of nitro groups is 1. The van der Waals surface area contributed by atoms with Gasteiger partial charge >= 0.3 is 10.8 Å². The molecule has 31 heavy (non-hydrogen) atoms. The molecule has 10 nitrogen and oxygen atoms in total. The number of non-ortho nitro benzene ring substituents is 1. The Hall–Kier alpha value is -3.09. The summed E-state index contributed by atoms with van der Waals surface area (Å²) in [6.45, 7) is 1.72. The van der Waals surface area contributed by atoms with Crippen LogP contribution >= 0.6 is 11.3 Å². The van der Waals surface area contributed by atoms with E-state index in [0.717, 1.165) is 11.3 Å². The summed E-state index contributed by atoms with van der Waals surface area (Å²) in [4.78, 5) is 34.1. The van der Waals surface area contributed by atoms with E-state index in [1.54, 1.807) is 14.0 Å². The summed E-state index contributed by atoms with van der Waals surface area (Å²) < 4.78 is 35.3. The minimum absolute atomic E-state index is 0.0962. The molecule has 0 aliphatic heterocycles. The summed E-state index contributed by atoms with van der Waals surface area (Å²) in [6.07, 6.45) is -0.352. The number of aryl methyl sites for hydroxylation is 1. The number of nitrogens with zero attached hydrogens (tertiary/aromatic N) is 2. The van der Waals surface area contributed by atoms with Crippen molar-refractivity contribution in [1.29, 1.82) is 0 Å². The number of hydrogen-bond donors (Lipinski definition) is 1. The van der Waals surface area contributed by atoms with Gasteiger partial charge in [-0.1, -0.05) is 23.5 Å². The minimum atomic E-state index is -4.13. The van der Waals surface area contributed by atoms with Gasteiger partial charge in [0.1, 0.15) is 0 Å². The molecule has 0 amide bonds. The van der Waals surface area contributed by atoms with Crippen LogP contribution in [0.25, 0.3) is 10.2 Å². The number of benzene rings is 2. The van der Waals surface area contributed by atoms with E-state index in [2.05, 4.69) is 4.72 Å². The van der Waals surface area contributed by atoms with E-state index in [1.165, 1.54) is 47.0 Å². The van der Waals surface area contributed by atoms with Gasteiger partial charge in [-0.2, -0.15) is 0 Å². The third-order valence-corrected chi connectivity index (χ3v) is 7.00. The van der Waals surface area contributed by atoms with Crippen molar-refractivity contribution in [1.82, 2.24) is 9.29 Å². The van der Waals surface area contributed by atoms with E-state index >= 15 is 0 Å². The lowest BCUT2D eigenvalue weighted by Crippen LogP contribution is -2.30. The first kappa shape index (κ1) is 22.6. The van der Waals surface area contributed by atoms with Crippen LogP contribution in [0.5, 0.6) is 0 Å². The molecule has 1 atom stereocenters. The van der Waals surface area contributed by atoms with Gasteiger partial charge < -0.3 is 9.30 Å². The van der Waals surface area contributed by atoms with Crippen LogP contribution in [0.1, 0.15) is 24.9 Å². The molecule has 0 saturated heterocycles. The second kappa shape index (κ2) is 8.96. The van der Waals surface area contributed by atoms with Gasteiger partial charge in [0.05, 0.1) is 39.1 Å². The van der Waals surface area contributed by atoms with Crippen molar-refractivity contribution in [2.24, 2.45) is 7.05 Å². The van der Waals surface area contributed by atoms with E-state index in [0.29, 0.717) is 10.2 Å². The van der Waals surface area contributed by atoms with Crippen LogP contribution in [0.3, 0.4) is 0 Å². The van der Waals surface area contributed by atoms with Gasteiger partial charge in [0.15, 0.2) is 0 Å². The van der Waals surface area contributed by atoms with Crippen molar-refractivity contribution in [2.75, 3.05) is 6.61 Å². The van der Waals surface area contributed by atoms with Gasteiger partial charge in [0.25, 0.3) is 5.69 Å². The van der Waals surface area contributed by atoms with Crippen molar-refractivity contribution >= 4 is 43.2 Å². The third-order valence-electron chi connectivity index (χ3n) is 4.53. The highest BCUT2D eigenvalue weighted by atomic mass is 32.2. The summed E-state index contributed by atoms with van der Waals surface area (Å²) in [5.74, 6) is -0.654. The van der Waals surface area contributed by atoms with Gasteiger partial charge in [-0.25, -0.2) is 13.1 Å². The first-order chi connectivity index (χ1) is 14.6. The fourth-order valence-electron chi connectivity index (χ4n) is 3.01. The molecule has 0 fully saturated rings. The highest BCUT2D eigenvalue weighted by Gasteiger charge is 2.26. The molecule has 1 heterocycles. The summed E-state index contributed by atoms with van der Waals surface area (Å²) in [5.41, 5.74) is 0.605. The van der Waals surface area contributed by atoms with E-state index in [-0.39, 0.29) is 34.0 Å². The van der Waals surface area contributed by atoms with E-state index in [1.807, 2.05) is 0 Å². The SMILES string of the molecule is CCOC(=O)CC(NS(=O)(=O)c1ccc2c(c1)sc(=O)n2C)c1cccc([N+](=O)[O-])c1. The fourth-order valence-corrected chi connectivity index (χ4v) is 5.25. The molecule has 12 heteroatoms. The summed E-state index contributed by atoms with van der Waals surface area (Å²) in [6, 6.07) is 8.54. The van der Waals surface area contributed by atoms with Crippen LogP contribution < -0.4 is 9.60 Å². The largest absolute Gasteiger partial charge is 0.466 e. The van der Waals surface area contributed by atoms with Crippen LogP contribution in [-0.2, 0) is 26.6 Å². The first-order valence-corrected chi connectivity index (χ1v) is 11.4. The summed E-state index contributed by atoms with van der Waals surface area (Å²) >= 11 is 0.913. The quantitative estimate of drug-likeness (QED) is 0.306. The van der Waals surface area contributed by atoms with Gasteiger partial charge in [0.2, 0.25) is 10.0 Å². The average molecular weight is 466 g/mol. The highest BCUT2D eigenvalue weighted by Crippen LogP contribution is 2.26. The van der Waals surface area contributed by atoms with Gasteiger partial charge in [0, 0.05) is 19.2 Å². The molecule has 0 radical (unpaired) electrons. The molecule has 0 aliphatic rings. The van der Waals surface area contributed by atoms with Gasteiger partial charge in [-0.3, -0.25) is 19.7 Å². The van der Waals surface area contributed by atoms with Crippen molar-refractivity contribution in [3.05, 3.63) is 67.8 Å². The lowest BCUT2D eigenvalue weighted by molar-refractivity contribution is -0.384. The third kappa shape index (κ3) is 4.98. The first-order valence-electron chi connectivity index (χ1n) is 9.14. The number of rotatable bonds is 8. The fraction of sp³-hybridized carbons (Fsp3) is 0.263. The predicted octanol–water partition coefficient (Wildman–Crippen LogP) is 2.48. The molecule has 0 saturated carbocycles. The maximum atomic E-state index is 13.0. The Kier molecular flexibility index (Phi) is 6.53. The zero-order valence-corrected chi connectivity index (χ0v) is 18.2. The number of hydrogen-bond acceptors (Lipinski definition) is 8. The normalized spacial score (nSPS) is 12.6. The van der Waals surface area contributed by atoms with Crippen molar-refractivity contribution in [3.63, 3.8) is 0 Å². The number of thiazole rings is 1. The number of sulfonamides is 1. The van der Waals surface area contributed by atoms with Crippen molar-refractivity contribution in [2.45, 2.75) is 24.3 Å². The molecular formula is C19H19N3O7S2. The molecule has 3 rings (SSSR count). The van der Waals surface area contributed by atoms with Crippen LogP contribution in [0.2, 0.25) is 0 Å². The van der Waals surface area contributed by atoms with Crippen LogP contribution in [0.4, 0.5) is 5.69 Å². The van der Waals surface area contributed by atoms with Crippen molar-refractivity contribution in [3.8, 4) is 0 Å². The Morgan fingerprint density at radius 3 is 2.71 bits per heavy atom. The molecule has 1 unspecified atom stereocenters. The van der Waals surface area contributed by atoms with Gasteiger partial charge in [-0.15, -0.1) is 0 Å². The van der Waals surface area contributed by atoms with Gasteiger partial charge in [-0.05, 0) is 30.7 Å². The number of carbonyl (C=O) groups excluding carboxylic acids is 1. The maximum absolute atomic E-state index is 13.0. The van der Waals surface area contributed by atoms with E-state index in [9.17, 15) is 28.1 Å². The zero-order chi connectivity index (χ0) is 22.8. The average Bonchev–Trinajstić information content (AvgIpc) is 3.01. The Morgan fingerprint density at radius 1 is 1.29 bits per heavy atom. The highest BCUT2D eigenvalue weighted by molar-refractivity contribution is 7.89. The maximum Gasteiger partial charge on any atom is 0.307 e. The van der Waals surface area contributed by atoms with E-state index in [4.69, 9.17) is 4.74 Å². The number of esters is 1. The molecule has 2 aromatic carbocycles. The number of fused-ring (bicyclic) bond motifs is 1. The molecule has 0 aliphatic carbocycles. The minimum Gasteiger partial charge on any atom is -0.466 e. The number of nitro benzene ring substituents is 1. The summed E-state index contributed by atoms with van der Waals surface area (Å²) in [5, 5.41) is 11.1. The summed E-state index contributed by atoms with van der Waals surface area (Å²) in [7, 11) is -2.54. The van der Waals surface area contributed by atoms with Crippen molar-refractivity contribution < 1.29 is 22.9 Å². The lowest BCUT2D eigenvalue weighted by atomic mass is 10.0. The monoisotopic (exact) mass is 465 g/mol. The second-order valence-electron chi connectivity index (χ2n) is 6.59. The second-order valence-corrected chi connectivity index (χ2v) is 9.30. The number of aromatic nitrogens is 1. The van der Waals surface area contributed by atoms with Crippen LogP contribution in [0, 0.1) is 10.1 Å². The molecule has 164 valence electrons. The van der Waals surface area contributed by atoms with Crippen LogP contribution in [-0.4, -0.2) is 30.5 Å². The predicted molar refractivity (Wildman–Crippen MR) is 114 cm³/mol. The number of carbonyl (C=O) groups is 1. The standard InChI is InChI=1S/C19H19N3O7S2/c1-3-29-18(23)11-15(12-5-4-6-13(9-12)22(25)26)20-31(27,28)14-7-8-16-17(10-14)30-19(24)21(16)2/h4-10,15,20H,3,11H2,1-2H3. The smallest absolute Gasteiger partial charge is 0.307 e. The van der Waals surface area contributed by atoms with Crippen LogP contribution in [0.15, 0.2) is 52.2 Å². The zero-order valence-electron chi connectivity index (χ0n) is 16.6. The molecule has 3 aromatic rings. The molecular weight excluding hydrogens is 446 g/mol. The Balaban J connectivity index is 1.99. The Morgan fingerprint density at radius 2 is 2.03 bits per heavy atom. The molecule has 1 N–H and O–H groups in total. The number of nitrogens with one attached hydrogen (secondary N) is 1. The molecule has 0 bridgehead atoms. The topological polar surface area (TPSA) is 138 Å². The number of ether oxygens (including phenoxy) is 1. The van der Waals surface area contributed by atoms with E-state index < -0.39 is 27.0 Å². The Bertz CT molecular complexity index is 1310. The molecule has 1 aromatic heterocycles.